The minimum atomic E-state index is 0.0960. The van der Waals surface area contributed by atoms with Crippen LogP contribution in [0.25, 0.3) is 0 Å². The minimum Gasteiger partial charge on any atom is -0.491 e. The van der Waals surface area contributed by atoms with Crippen LogP contribution in [0.2, 0.25) is 0 Å². The molecule has 0 saturated heterocycles. The van der Waals surface area contributed by atoms with Gasteiger partial charge in [-0.3, -0.25) is 4.98 Å². The number of aromatic nitrogens is 1. The summed E-state index contributed by atoms with van der Waals surface area (Å²) in [6.45, 7) is 9.22. The third kappa shape index (κ3) is 3.82. The van der Waals surface area contributed by atoms with Gasteiger partial charge in [-0.05, 0) is 50.6 Å². The topological polar surface area (TPSA) is 34.2 Å². The van der Waals surface area contributed by atoms with E-state index in [1.54, 1.807) is 0 Å². The summed E-state index contributed by atoms with van der Waals surface area (Å²) in [6, 6.07) is 10.4. The molecule has 1 aromatic heterocycles. The first-order valence-corrected chi connectivity index (χ1v) is 7.53. The molecule has 1 atom stereocenters. The van der Waals surface area contributed by atoms with Crippen LogP contribution in [0.1, 0.15) is 43.5 Å². The Hall–Kier alpha value is -1.87. The van der Waals surface area contributed by atoms with Crippen molar-refractivity contribution in [3.8, 4) is 5.75 Å². The molecule has 0 aliphatic carbocycles. The smallest absolute Gasteiger partial charge is 0.124 e. The van der Waals surface area contributed by atoms with E-state index < -0.39 is 0 Å². The number of para-hydroxylation sites is 1. The Morgan fingerprint density at radius 1 is 1.14 bits per heavy atom. The van der Waals surface area contributed by atoms with Crippen LogP contribution in [0.15, 0.2) is 42.7 Å². The summed E-state index contributed by atoms with van der Waals surface area (Å²) in [6.07, 6.45) is 3.93. The third-order valence-electron chi connectivity index (χ3n) is 3.39. The average Bonchev–Trinajstić information content (AvgIpc) is 2.46. The lowest BCUT2D eigenvalue weighted by molar-refractivity contribution is 0.238. The molecule has 1 N–H and O–H groups in total. The van der Waals surface area contributed by atoms with E-state index in [9.17, 15) is 0 Å². The fraction of sp³-hybridized carbons (Fsp3) is 0.389. The molecule has 0 aliphatic heterocycles. The number of aryl methyl sites for hydroxylation is 1. The Bertz CT molecular complexity index is 581. The molecule has 0 spiro atoms. The first-order chi connectivity index (χ1) is 10.1. The molecule has 0 aliphatic rings. The molecule has 3 heteroatoms. The van der Waals surface area contributed by atoms with E-state index >= 15 is 0 Å². The average molecular weight is 284 g/mol. The lowest BCUT2D eigenvalue weighted by Gasteiger charge is -2.24. The van der Waals surface area contributed by atoms with Crippen LogP contribution >= 0.6 is 0 Å². The molecule has 112 valence electrons. The second-order valence-corrected chi connectivity index (χ2v) is 5.43. The van der Waals surface area contributed by atoms with E-state index in [-0.39, 0.29) is 12.1 Å². The third-order valence-corrected chi connectivity index (χ3v) is 3.39. The quantitative estimate of drug-likeness (QED) is 0.874. The molecule has 2 aromatic rings. The van der Waals surface area contributed by atoms with Crippen LogP contribution in [0, 0.1) is 6.92 Å². The van der Waals surface area contributed by atoms with Gasteiger partial charge in [0.1, 0.15) is 5.75 Å². The molecule has 0 saturated carbocycles. The maximum atomic E-state index is 5.97. The first-order valence-electron chi connectivity index (χ1n) is 7.53. The van der Waals surface area contributed by atoms with Gasteiger partial charge in [0.15, 0.2) is 0 Å². The van der Waals surface area contributed by atoms with Crippen molar-refractivity contribution < 1.29 is 4.74 Å². The SMILES string of the molecule is CCNC(c1cnccc1C)c1ccccc1OC(C)C. The molecule has 0 amide bonds. The van der Waals surface area contributed by atoms with Crippen molar-refractivity contribution in [1.29, 1.82) is 0 Å². The molecule has 3 nitrogen and oxygen atoms in total. The van der Waals surface area contributed by atoms with Gasteiger partial charge in [-0.25, -0.2) is 0 Å². The monoisotopic (exact) mass is 284 g/mol. The standard InChI is InChI=1S/C18H24N2O/c1-5-20-18(16-12-19-11-10-14(16)4)15-8-6-7-9-17(15)21-13(2)3/h6-13,18,20H,5H2,1-4H3. The van der Waals surface area contributed by atoms with Crippen LogP contribution in [0.5, 0.6) is 5.75 Å². The van der Waals surface area contributed by atoms with Crippen LogP contribution in [-0.4, -0.2) is 17.6 Å². The van der Waals surface area contributed by atoms with E-state index in [1.165, 1.54) is 11.1 Å². The van der Waals surface area contributed by atoms with E-state index in [1.807, 2.05) is 44.4 Å². The van der Waals surface area contributed by atoms with Crippen molar-refractivity contribution >= 4 is 0 Å². The van der Waals surface area contributed by atoms with Gasteiger partial charge < -0.3 is 10.1 Å². The first kappa shape index (κ1) is 15.5. The highest BCUT2D eigenvalue weighted by Gasteiger charge is 2.19. The second-order valence-electron chi connectivity index (χ2n) is 5.43. The summed E-state index contributed by atoms with van der Waals surface area (Å²) in [5.41, 5.74) is 3.58. The van der Waals surface area contributed by atoms with Gasteiger partial charge in [0, 0.05) is 18.0 Å². The van der Waals surface area contributed by atoms with Gasteiger partial charge in [-0.2, -0.15) is 0 Å². The molecular formula is C18H24N2O. The predicted octanol–water partition coefficient (Wildman–Crippen LogP) is 3.88. The Balaban J connectivity index is 2.46. The zero-order valence-corrected chi connectivity index (χ0v) is 13.3. The summed E-state index contributed by atoms with van der Waals surface area (Å²) in [7, 11) is 0. The molecule has 0 radical (unpaired) electrons. The van der Waals surface area contributed by atoms with Crippen LogP contribution < -0.4 is 10.1 Å². The van der Waals surface area contributed by atoms with E-state index in [4.69, 9.17) is 4.74 Å². The van der Waals surface area contributed by atoms with Gasteiger partial charge in [0.25, 0.3) is 0 Å². The highest BCUT2D eigenvalue weighted by atomic mass is 16.5. The summed E-state index contributed by atoms with van der Waals surface area (Å²) < 4.78 is 5.97. The number of benzene rings is 1. The fourth-order valence-electron chi connectivity index (χ4n) is 2.45. The molecule has 0 fully saturated rings. The zero-order chi connectivity index (χ0) is 15.2. The maximum Gasteiger partial charge on any atom is 0.124 e. The Morgan fingerprint density at radius 2 is 1.90 bits per heavy atom. The van der Waals surface area contributed by atoms with Gasteiger partial charge >= 0.3 is 0 Å². The lowest BCUT2D eigenvalue weighted by Crippen LogP contribution is -2.24. The lowest BCUT2D eigenvalue weighted by atomic mass is 9.96. The number of hydrogen-bond donors (Lipinski definition) is 1. The molecule has 1 aromatic carbocycles. The van der Waals surface area contributed by atoms with E-state index in [0.29, 0.717) is 0 Å². The minimum absolute atomic E-state index is 0.0960. The van der Waals surface area contributed by atoms with Gasteiger partial charge in [-0.1, -0.05) is 25.1 Å². The van der Waals surface area contributed by atoms with Crippen LogP contribution in [-0.2, 0) is 0 Å². The Labute approximate surface area is 127 Å². The van der Waals surface area contributed by atoms with Crippen LogP contribution in [0.3, 0.4) is 0 Å². The van der Waals surface area contributed by atoms with Crippen molar-refractivity contribution in [2.24, 2.45) is 0 Å². The number of nitrogens with zero attached hydrogens (tertiary/aromatic N) is 1. The molecule has 2 rings (SSSR count). The molecule has 1 heterocycles. The van der Waals surface area contributed by atoms with Crippen molar-refractivity contribution in [1.82, 2.24) is 10.3 Å². The second kappa shape index (κ2) is 7.23. The number of hydrogen-bond acceptors (Lipinski definition) is 3. The number of ether oxygens (including phenoxy) is 1. The normalized spacial score (nSPS) is 12.4. The Kier molecular flexibility index (Phi) is 5.34. The number of pyridine rings is 1. The molecule has 1 unspecified atom stereocenters. The summed E-state index contributed by atoms with van der Waals surface area (Å²) in [5, 5.41) is 3.55. The highest BCUT2D eigenvalue weighted by Crippen LogP contribution is 2.31. The van der Waals surface area contributed by atoms with Crippen LogP contribution in [0.4, 0.5) is 0 Å². The van der Waals surface area contributed by atoms with Crippen molar-refractivity contribution in [3.63, 3.8) is 0 Å². The van der Waals surface area contributed by atoms with E-state index in [2.05, 4.69) is 36.3 Å². The largest absolute Gasteiger partial charge is 0.491 e. The number of rotatable bonds is 6. The van der Waals surface area contributed by atoms with Gasteiger partial charge in [-0.15, -0.1) is 0 Å². The highest BCUT2D eigenvalue weighted by molar-refractivity contribution is 5.43. The molecular weight excluding hydrogens is 260 g/mol. The Morgan fingerprint density at radius 3 is 2.57 bits per heavy atom. The molecule has 21 heavy (non-hydrogen) atoms. The summed E-state index contributed by atoms with van der Waals surface area (Å²) in [4.78, 5) is 4.28. The van der Waals surface area contributed by atoms with Crippen molar-refractivity contribution in [2.45, 2.75) is 39.8 Å². The number of nitrogens with one attached hydrogen (secondary N) is 1. The molecule has 0 bridgehead atoms. The van der Waals surface area contributed by atoms with Gasteiger partial charge in [0.2, 0.25) is 0 Å². The fourth-order valence-corrected chi connectivity index (χ4v) is 2.45. The predicted molar refractivity (Wildman–Crippen MR) is 86.7 cm³/mol. The zero-order valence-electron chi connectivity index (χ0n) is 13.3. The van der Waals surface area contributed by atoms with Gasteiger partial charge in [0.05, 0.1) is 12.1 Å². The van der Waals surface area contributed by atoms with Crippen molar-refractivity contribution in [2.75, 3.05) is 6.54 Å². The summed E-state index contributed by atoms with van der Waals surface area (Å²) >= 11 is 0. The van der Waals surface area contributed by atoms with Crippen molar-refractivity contribution in [3.05, 3.63) is 59.4 Å². The van der Waals surface area contributed by atoms with E-state index in [0.717, 1.165) is 17.9 Å². The maximum absolute atomic E-state index is 5.97. The summed E-state index contributed by atoms with van der Waals surface area (Å²) in [5.74, 6) is 0.932.